The van der Waals surface area contributed by atoms with E-state index in [2.05, 4.69) is 10.3 Å². The van der Waals surface area contributed by atoms with Gasteiger partial charge in [0, 0.05) is 0 Å². The molecule has 2 aromatic rings. The second kappa shape index (κ2) is 4.81. The highest BCUT2D eigenvalue weighted by atomic mass is 32.1. The standard InChI is InChI=1S/C12H12BFN2O2S/c1-12(2,3)18-11(17)16-10-15-8-6(13)4-5-7(14)9(8)19-10/h4-5H,1-3H3,(H,15,16,17). The maximum absolute atomic E-state index is 13.6. The van der Waals surface area contributed by atoms with Crippen LogP contribution in [0.15, 0.2) is 12.1 Å². The Labute approximate surface area is 115 Å². The molecule has 0 aliphatic carbocycles. The van der Waals surface area contributed by atoms with Gasteiger partial charge in [0.25, 0.3) is 0 Å². The van der Waals surface area contributed by atoms with Gasteiger partial charge in [-0.15, -0.1) is 0 Å². The number of amides is 1. The molecule has 1 N–H and O–H groups in total. The molecule has 1 aromatic heterocycles. The molecule has 0 spiro atoms. The van der Waals surface area contributed by atoms with E-state index >= 15 is 0 Å². The van der Waals surface area contributed by atoms with Crippen LogP contribution < -0.4 is 10.8 Å². The molecule has 4 nitrogen and oxygen atoms in total. The number of ether oxygens (including phenoxy) is 1. The number of rotatable bonds is 1. The number of nitrogens with one attached hydrogen (secondary N) is 1. The van der Waals surface area contributed by atoms with Crippen molar-refractivity contribution in [3.05, 3.63) is 17.9 Å². The largest absolute Gasteiger partial charge is 0.444 e. The van der Waals surface area contributed by atoms with Crippen molar-refractivity contribution < 1.29 is 13.9 Å². The van der Waals surface area contributed by atoms with E-state index < -0.39 is 17.5 Å². The van der Waals surface area contributed by atoms with Gasteiger partial charge in [0.15, 0.2) is 5.13 Å². The van der Waals surface area contributed by atoms with Gasteiger partial charge in [0.2, 0.25) is 0 Å². The summed E-state index contributed by atoms with van der Waals surface area (Å²) in [6.07, 6.45) is -0.634. The zero-order valence-corrected chi connectivity index (χ0v) is 11.6. The van der Waals surface area contributed by atoms with Gasteiger partial charge in [-0.3, -0.25) is 5.32 Å². The first-order valence-corrected chi connectivity index (χ1v) is 6.42. The predicted octanol–water partition coefficient (Wildman–Crippen LogP) is 2.58. The van der Waals surface area contributed by atoms with Gasteiger partial charge in [-0.05, 0) is 26.8 Å². The second-order valence-corrected chi connectivity index (χ2v) is 5.96. The summed E-state index contributed by atoms with van der Waals surface area (Å²) in [4.78, 5) is 15.7. The van der Waals surface area contributed by atoms with Crippen LogP contribution in [0, 0.1) is 5.82 Å². The van der Waals surface area contributed by atoms with Crippen molar-refractivity contribution in [1.29, 1.82) is 0 Å². The number of carbonyl (C=O) groups is 1. The highest BCUT2D eigenvalue weighted by Crippen LogP contribution is 2.27. The maximum Gasteiger partial charge on any atom is 0.413 e. The van der Waals surface area contributed by atoms with E-state index in [1.165, 1.54) is 12.1 Å². The van der Waals surface area contributed by atoms with E-state index in [1.807, 2.05) is 0 Å². The third-order valence-electron chi connectivity index (χ3n) is 2.13. The maximum atomic E-state index is 13.6. The van der Waals surface area contributed by atoms with Crippen molar-refractivity contribution >= 4 is 46.1 Å². The van der Waals surface area contributed by atoms with Gasteiger partial charge >= 0.3 is 6.09 Å². The third-order valence-corrected chi connectivity index (χ3v) is 3.11. The average Bonchev–Trinajstić information content (AvgIpc) is 2.65. The minimum absolute atomic E-state index is 0.251. The molecular weight excluding hydrogens is 266 g/mol. The zero-order valence-electron chi connectivity index (χ0n) is 10.8. The number of thiazole rings is 1. The molecule has 0 atom stereocenters. The number of carbonyl (C=O) groups excluding carboxylic acids is 1. The van der Waals surface area contributed by atoms with Crippen molar-refractivity contribution in [2.75, 3.05) is 5.32 Å². The van der Waals surface area contributed by atoms with Crippen LogP contribution in [0.3, 0.4) is 0 Å². The average molecular weight is 278 g/mol. The van der Waals surface area contributed by atoms with E-state index in [-0.39, 0.29) is 5.13 Å². The van der Waals surface area contributed by atoms with Crippen LogP contribution in [-0.2, 0) is 4.74 Å². The molecule has 7 heteroatoms. The molecule has 0 aliphatic rings. The Morgan fingerprint density at radius 3 is 2.74 bits per heavy atom. The number of nitrogens with zero attached hydrogens (tertiary/aromatic N) is 1. The molecule has 2 radical (unpaired) electrons. The molecule has 0 bridgehead atoms. The molecule has 0 unspecified atom stereocenters. The molecule has 0 aliphatic heterocycles. The molecule has 2 rings (SSSR count). The number of hydrogen-bond donors (Lipinski definition) is 1. The second-order valence-electron chi connectivity index (χ2n) is 4.96. The van der Waals surface area contributed by atoms with Crippen LogP contribution in [-0.4, -0.2) is 24.5 Å². The Balaban J connectivity index is 2.25. The summed E-state index contributed by atoms with van der Waals surface area (Å²) in [5, 5.41) is 2.72. The van der Waals surface area contributed by atoms with Crippen LogP contribution in [0.25, 0.3) is 10.2 Å². The number of anilines is 1. The number of fused-ring (bicyclic) bond motifs is 1. The minimum atomic E-state index is -0.634. The zero-order chi connectivity index (χ0) is 14.2. The Kier molecular flexibility index (Phi) is 3.49. The first kappa shape index (κ1) is 13.8. The van der Waals surface area contributed by atoms with Crippen LogP contribution >= 0.6 is 11.3 Å². The van der Waals surface area contributed by atoms with Gasteiger partial charge in [0.05, 0.1) is 10.2 Å². The lowest BCUT2D eigenvalue weighted by Gasteiger charge is -2.18. The summed E-state index contributed by atoms with van der Waals surface area (Å²) in [7, 11) is 5.70. The number of halogens is 1. The van der Waals surface area contributed by atoms with Gasteiger partial charge < -0.3 is 4.74 Å². The van der Waals surface area contributed by atoms with Gasteiger partial charge in [-0.25, -0.2) is 14.2 Å². The fraction of sp³-hybridized carbons (Fsp3) is 0.333. The topological polar surface area (TPSA) is 51.2 Å². The molecule has 1 amide bonds. The van der Waals surface area contributed by atoms with E-state index in [1.54, 1.807) is 20.8 Å². The summed E-state index contributed by atoms with van der Waals surface area (Å²) >= 11 is 1.01. The third kappa shape index (κ3) is 3.23. The summed E-state index contributed by atoms with van der Waals surface area (Å²) in [6, 6.07) is 2.71. The monoisotopic (exact) mass is 278 g/mol. The quantitative estimate of drug-likeness (QED) is 0.816. The lowest BCUT2D eigenvalue weighted by Crippen LogP contribution is -2.27. The van der Waals surface area contributed by atoms with Crippen LogP contribution in [0.5, 0.6) is 0 Å². The van der Waals surface area contributed by atoms with Crippen molar-refractivity contribution in [1.82, 2.24) is 4.98 Å². The smallest absolute Gasteiger partial charge is 0.413 e. The van der Waals surface area contributed by atoms with Crippen molar-refractivity contribution in [3.63, 3.8) is 0 Å². The fourth-order valence-corrected chi connectivity index (χ4v) is 2.33. The summed E-state index contributed by atoms with van der Waals surface area (Å²) < 4.78 is 19.0. The number of aromatic nitrogens is 1. The predicted molar refractivity (Wildman–Crippen MR) is 74.8 cm³/mol. The Morgan fingerprint density at radius 2 is 2.16 bits per heavy atom. The highest BCUT2D eigenvalue weighted by Gasteiger charge is 2.18. The Morgan fingerprint density at radius 1 is 1.47 bits per heavy atom. The van der Waals surface area contributed by atoms with Crippen LogP contribution in [0.2, 0.25) is 0 Å². The Hall–Kier alpha value is -1.63. The molecular formula is C12H12BFN2O2S. The van der Waals surface area contributed by atoms with E-state index in [0.29, 0.717) is 15.7 Å². The van der Waals surface area contributed by atoms with Crippen LogP contribution in [0.4, 0.5) is 14.3 Å². The van der Waals surface area contributed by atoms with Gasteiger partial charge in [-0.1, -0.05) is 22.9 Å². The molecule has 98 valence electrons. The lowest BCUT2D eigenvalue weighted by atomic mass is 9.95. The first-order valence-electron chi connectivity index (χ1n) is 5.61. The van der Waals surface area contributed by atoms with Crippen molar-refractivity contribution in [2.45, 2.75) is 26.4 Å². The molecule has 1 aromatic carbocycles. The lowest BCUT2D eigenvalue weighted by molar-refractivity contribution is 0.0636. The molecule has 0 saturated heterocycles. The number of benzene rings is 1. The summed E-state index contributed by atoms with van der Waals surface area (Å²) in [5.41, 5.74) is 0.103. The van der Waals surface area contributed by atoms with Crippen molar-refractivity contribution in [3.8, 4) is 0 Å². The first-order chi connectivity index (χ1) is 8.76. The normalized spacial score (nSPS) is 11.6. The van der Waals surface area contributed by atoms with Crippen molar-refractivity contribution in [2.24, 2.45) is 0 Å². The Bertz CT molecular complexity index is 597. The minimum Gasteiger partial charge on any atom is -0.444 e. The molecule has 19 heavy (non-hydrogen) atoms. The summed E-state index contributed by atoms with van der Waals surface area (Å²) in [6.45, 7) is 5.26. The van der Waals surface area contributed by atoms with E-state index in [4.69, 9.17) is 12.6 Å². The molecule has 1 heterocycles. The molecule has 0 saturated carbocycles. The van der Waals surface area contributed by atoms with E-state index in [0.717, 1.165) is 11.3 Å². The fourth-order valence-electron chi connectivity index (χ4n) is 1.44. The van der Waals surface area contributed by atoms with Crippen LogP contribution in [0.1, 0.15) is 20.8 Å². The molecule has 0 fully saturated rings. The SMILES string of the molecule is [B]c1ccc(F)c2sc(NC(=O)OC(C)(C)C)nc12. The van der Waals surface area contributed by atoms with Gasteiger partial charge in [0.1, 0.15) is 19.3 Å². The highest BCUT2D eigenvalue weighted by molar-refractivity contribution is 7.22. The number of hydrogen-bond acceptors (Lipinski definition) is 4. The van der Waals surface area contributed by atoms with E-state index in [9.17, 15) is 9.18 Å². The van der Waals surface area contributed by atoms with Gasteiger partial charge in [-0.2, -0.15) is 0 Å². The summed E-state index contributed by atoms with van der Waals surface area (Å²) in [5.74, 6) is -0.418.